The van der Waals surface area contributed by atoms with Crippen LogP contribution in [0.3, 0.4) is 0 Å². The van der Waals surface area contributed by atoms with Gasteiger partial charge in [0.1, 0.15) is 5.82 Å². The summed E-state index contributed by atoms with van der Waals surface area (Å²) in [6.45, 7) is 4.18. The summed E-state index contributed by atoms with van der Waals surface area (Å²) in [6, 6.07) is 4.96. The largest absolute Gasteiger partial charge is 0.396 e. The number of rotatable bonds is 2. The van der Waals surface area contributed by atoms with Crippen LogP contribution >= 0.6 is 0 Å². The Kier molecular flexibility index (Phi) is 2.69. The van der Waals surface area contributed by atoms with Crippen LogP contribution in [-0.2, 0) is 6.42 Å². The summed E-state index contributed by atoms with van der Waals surface area (Å²) in [6.07, 6.45) is 0.837. The second-order valence-electron chi connectivity index (χ2n) is 3.41. The van der Waals surface area contributed by atoms with Crippen LogP contribution in [0.4, 0.5) is 10.1 Å². The van der Waals surface area contributed by atoms with E-state index in [1.807, 2.05) is 6.07 Å². The molecule has 0 aliphatic heterocycles. The lowest BCUT2D eigenvalue weighted by Gasteiger charge is -2.08. The number of hydrogen-bond donors (Lipinski definition) is 1. The summed E-state index contributed by atoms with van der Waals surface area (Å²) >= 11 is 0. The molecule has 0 radical (unpaired) electrons. The molecule has 1 nitrogen and oxygen atoms in total. The molecule has 1 rings (SSSR count). The molecule has 0 fully saturated rings. The van der Waals surface area contributed by atoms with Crippen LogP contribution in [-0.4, -0.2) is 0 Å². The Morgan fingerprint density at radius 3 is 2.67 bits per heavy atom. The molecule has 0 bridgehead atoms. The van der Waals surface area contributed by atoms with Gasteiger partial charge in [0, 0.05) is 0 Å². The molecule has 0 amide bonds. The minimum absolute atomic E-state index is 0.297. The maximum atomic E-state index is 12.9. The average molecular weight is 167 g/mol. The predicted octanol–water partition coefficient (Wildman–Crippen LogP) is 2.61. The molecular formula is C10H14FN. The van der Waals surface area contributed by atoms with E-state index in [2.05, 4.69) is 13.8 Å². The van der Waals surface area contributed by atoms with E-state index in [4.69, 9.17) is 5.73 Å². The van der Waals surface area contributed by atoms with Crippen molar-refractivity contribution >= 4 is 5.69 Å². The highest BCUT2D eigenvalue weighted by Gasteiger charge is 2.05. The Hall–Kier alpha value is -1.05. The fourth-order valence-electron chi connectivity index (χ4n) is 1.20. The third-order valence-electron chi connectivity index (χ3n) is 1.77. The Morgan fingerprint density at radius 2 is 2.08 bits per heavy atom. The zero-order valence-corrected chi connectivity index (χ0v) is 7.47. The molecule has 2 heteroatoms. The number of hydrogen-bond acceptors (Lipinski definition) is 1. The fourth-order valence-corrected chi connectivity index (χ4v) is 1.20. The zero-order valence-electron chi connectivity index (χ0n) is 7.47. The first-order valence-corrected chi connectivity index (χ1v) is 4.14. The van der Waals surface area contributed by atoms with Gasteiger partial charge < -0.3 is 5.73 Å². The normalized spacial score (nSPS) is 10.7. The van der Waals surface area contributed by atoms with Crippen LogP contribution in [0.2, 0.25) is 0 Å². The first kappa shape index (κ1) is 9.04. The third-order valence-corrected chi connectivity index (χ3v) is 1.77. The molecule has 0 spiro atoms. The lowest BCUT2D eigenvalue weighted by Crippen LogP contribution is -2.01. The summed E-state index contributed by atoms with van der Waals surface area (Å²) in [4.78, 5) is 0. The number of para-hydroxylation sites is 1. The third kappa shape index (κ3) is 1.97. The van der Waals surface area contributed by atoms with E-state index in [1.54, 1.807) is 6.07 Å². The summed E-state index contributed by atoms with van der Waals surface area (Å²) < 4.78 is 12.9. The highest BCUT2D eigenvalue weighted by molar-refractivity contribution is 5.47. The molecular weight excluding hydrogens is 153 g/mol. The summed E-state index contributed by atoms with van der Waals surface area (Å²) in [5, 5.41) is 0. The molecule has 0 unspecified atom stereocenters. The van der Waals surface area contributed by atoms with E-state index in [9.17, 15) is 4.39 Å². The van der Waals surface area contributed by atoms with Gasteiger partial charge in [-0.05, 0) is 24.0 Å². The molecule has 0 aliphatic rings. The van der Waals surface area contributed by atoms with Gasteiger partial charge in [-0.15, -0.1) is 0 Å². The van der Waals surface area contributed by atoms with Gasteiger partial charge in [0.05, 0.1) is 5.69 Å². The highest BCUT2D eigenvalue weighted by atomic mass is 19.1. The van der Waals surface area contributed by atoms with E-state index < -0.39 is 0 Å². The molecule has 0 heterocycles. The van der Waals surface area contributed by atoms with Crippen molar-refractivity contribution < 1.29 is 4.39 Å². The van der Waals surface area contributed by atoms with Gasteiger partial charge in [0.15, 0.2) is 0 Å². The van der Waals surface area contributed by atoms with Gasteiger partial charge in [-0.3, -0.25) is 0 Å². The van der Waals surface area contributed by atoms with Crippen molar-refractivity contribution in [2.45, 2.75) is 20.3 Å². The summed E-state index contributed by atoms with van der Waals surface area (Å²) in [5.41, 5.74) is 6.76. The van der Waals surface area contributed by atoms with Crippen LogP contribution in [0.5, 0.6) is 0 Å². The van der Waals surface area contributed by atoms with E-state index in [0.717, 1.165) is 12.0 Å². The molecule has 0 atom stereocenters. The van der Waals surface area contributed by atoms with Gasteiger partial charge in [-0.1, -0.05) is 26.0 Å². The van der Waals surface area contributed by atoms with Crippen LogP contribution in [0.25, 0.3) is 0 Å². The standard InChI is InChI=1S/C10H14FN/c1-7(2)6-8-4-3-5-9(11)10(8)12/h3-5,7H,6,12H2,1-2H3. The number of nitrogen functional groups attached to an aromatic ring is 1. The topological polar surface area (TPSA) is 26.0 Å². The molecule has 1 aromatic rings. The summed E-state index contributed by atoms with van der Waals surface area (Å²) in [7, 11) is 0. The molecule has 0 aliphatic carbocycles. The summed E-state index contributed by atoms with van der Waals surface area (Å²) in [5.74, 6) is 0.197. The Balaban J connectivity index is 2.92. The van der Waals surface area contributed by atoms with Gasteiger partial charge in [-0.25, -0.2) is 4.39 Å². The molecule has 0 saturated heterocycles. The van der Waals surface area contributed by atoms with E-state index in [1.165, 1.54) is 6.07 Å². The maximum absolute atomic E-state index is 12.9. The second kappa shape index (κ2) is 3.57. The van der Waals surface area contributed by atoms with Gasteiger partial charge in [-0.2, -0.15) is 0 Å². The van der Waals surface area contributed by atoms with Crippen molar-refractivity contribution in [2.24, 2.45) is 5.92 Å². The van der Waals surface area contributed by atoms with Crippen LogP contribution < -0.4 is 5.73 Å². The minimum Gasteiger partial charge on any atom is -0.396 e. The Bertz CT molecular complexity index is 269. The Labute approximate surface area is 72.4 Å². The Morgan fingerprint density at radius 1 is 1.42 bits per heavy atom. The van der Waals surface area contributed by atoms with Crippen LogP contribution in [0, 0.1) is 11.7 Å². The molecule has 0 saturated carbocycles. The fraction of sp³-hybridized carbons (Fsp3) is 0.400. The molecule has 1 aromatic carbocycles. The monoisotopic (exact) mass is 167 g/mol. The van der Waals surface area contributed by atoms with Crippen molar-refractivity contribution in [1.29, 1.82) is 0 Å². The quantitative estimate of drug-likeness (QED) is 0.673. The maximum Gasteiger partial charge on any atom is 0.146 e. The molecule has 2 N–H and O–H groups in total. The molecule has 0 aromatic heterocycles. The van der Waals surface area contributed by atoms with Crippen molar-refractivity contribution in [2.75, 3.05) is 5.73 Å². The minimum atomic E-state index is -0.312. The van der Waals surface area contributed by atoms with E-state index in [-0.39, 0.29) is 5.82 Å². The highest BCUT2D eigenvalue weighted by Crippen LogP contribution is 2.18. The van der Waals surface area contributed by atoms with E-state index in [0.29, 0.717) is 11.6 Å². The van der Waals surface area contributed by atoms with Gasteiger partial charge in [0.2, 0.25) is 0 Å². The first-order valence-electron chi connectivity index (χ1n) is 4.14. The molecule has 66 valence electrons. The number of anilines is 1. The predicted molar refractivity (Wildman–Crippen MR) is 49.4 cm³/mol. The lowest BCUT2D eigenvalue weighted by atomic mass is 10.0. The van der Waals surface area contributed by atoms with Gasteiger partial charge in [0.25, 0.3) is 0 Å². The van der Waals surface area contributed by atoms with Crippen LogP contribution in [0.1, 0.15) is 19.4 Å². The van der Waals surface area contributed by atoms with Crippen LogP contribution in [0.15, 0.2) is 18.2 Å². The van der Waals surface area contributed by atoms with Crippen molar-refractivity contribution in [1.82, 2.24) is 0 Å². The number of benzene rings is 1. The van der Waals surface area contributed by atoms with Crippen molar-refractivity contribution in [3.05, 3.63) is 29.6 Å². The number of nitrogens with two attached hydrogens (primary N) is 1. The lowest BCUT2D eigenvalue weighted by molar-refractivity contribution is 0.618. The van der Waals surface area contributed by atoms with Crippen molar-refractivity contribution in [3.63, 3.8) is 0 Å². The first-order chi connectivity index (χ1) is 5.61. The zero-order chi connectivity index (χ0) is 9.14. The average Bonchev–Trinajstić information content (AvgIpc) is 1.98. The van der Waals surface area contributed by atoms with Crippen molar-refractivity contribution in [3.8, 4) is 0 Å². The smallest absolute Gasteiger partial charge is 0.146 e. The second-order valence-corrected chi connectivity index (χ2v) is 3.41. The molecule has 12 heavy (non-hydrogen) atoms. The SMILES string of the molecule is CC(C)Cc1cccc(F)c1N. The van der Waals surface area contributed by atoms with Gasteiger partial charge >= 0.3 is 0 Å². The number of halogens is 1. The van der Waals surface area contributed by atoms with E-state index >= 15 is 0 Å².